The molecular weight excluding hydrogens is 213 g/mol. The summed E-state index contributed by atoms with van der Waals surface area (Å²) in [5.41, 5.74) is 7.06. The fraction of sp³-hybridized carbons (Fsp3) is 0.600. The Morgan fingerprint density at radius 2 is 1.76 bits per heavy atom. The third kappa shape index (κ3) is 3.29. The van der Waals surface area contributed by atoms with Crippen LogP contribution >= 0.6 is 0 Å². The summed E-state index contributed by atoms with van der Waals surface area (Å²) in [6.45, 7) is 0.703. The molecule has 17 heavy (non-hydrogen) atoms. The Bertz CT molecular complexity index is 356. The third-order valence-electron chi connectivity index (χ3n) is 3.78. The minimum Gasteiger partial charge on any atom is -0.330 e. The smallest absolute Gasteiger partial charge is 0.115 e. The minimum atomic E-state index is -0.946. The molecule has 0 spiro atoms. The van der Waals surface area contributed by atoms with Gasteiger partial charge in [-0.15, -0.1) is 0 Å². The van der Waals surface area contributed by atoms with Gasteiger partial charge in [-0.25, -0.2) is 4.39 Å². The van der Waals surface area contributed by atoms with Gasteiger partial charge in [0.1, 0.15) is 5.67 Å². The fourth-order valence-electron chi connectivity index (χ4n) is 2.79. The summed E-state index contributed by atoms with van der Waals surface area (Å²) in [6.07, 6.45) is 6.10. The lowest BCUT2D eigenvalue weighted by Crippen LogP contribution is -2.22. The van der Waals surface area contributed by atoms with Gasteiger partial charge >= 0.3 is 0 Å². The lowest BCUT2D eigenvalue weighted by atomic mass is 9.90. The number of rotatable bonds is 5. The van der Waals surface area contributed by atoms with Crippen molar-refractivity contribution in [1.82, 2.24) is 0 Å². The highest BCUT2D eigenvalue weighted by molar-refractivity contribution is 5.29. The molecule has 0 saturated heterocycles. The second kappa shape index (κ2) is 5.63. The Morgan fingerprint density at radius 3 is 2.41 bits per heavy atom. The van der Waals surface area contributed by atoms with Crippen LogP contribution in [0.15, 0.2) is 24.3 Å². The van der Waals surface area contributed by atoms with Gasteiger partial charge in [-0.05, 0) is 43.4 Å². The largest absolute Gasteiger partial charge is 0.330 e. The highest BCUT2D eigenvalue weighted by Crippen LogP contribution is 2.36. The van der Waals surface area contributed by atoms with Gasteiger partial charge in [-0.1, -0.05) is 37.1 Å². The molecule has 2 rings (SSSR count). The zero-order valence-electron chi connectivity index (χ0n) is 10.4. The van der Waals surface area contributed by atoms with E-state index >= 15 is 0 Å². The average molecular weight is 235 g/mol. The molecule has 1 aromatic rings. The Kier molecular flexibility index (Phi) is 4.16. The molecular formula is C15H22FN. The van der Waals surface area contributed by atoms with Crippen LogP contribution in [0.3, 0.4) is 0 Å². The first-order valence-electron chi connectivity index (χ1n) is 6.69. The molecule has 0 heterocycles. The molecule has 2 N–H and O–H groups in total. The molecule has 2 heteroatoms. The van der Waals surface area contributed by atoms with Gasteiger partial charge in [0.05, 0.1) is 0 Å². The zero-order chi connectivity index (χ0) is 12.1. The van der Waals surface area contributed by atoms with Crippen LogP contribution in [0.25, 0.3) is 0 Å². The lowest BCUT2D eigenvalue weighted by molar-refractivity contribution is 0.172. The van der Waals surface area contributed by atoms with Crippen molar-refractivity contribution in [3.63, 3.8) is 0 Å². The molecule has 1 nitrogen and oxygen atoms in total. The van der Waals surface area contributed by atoms with E-state index in [1.807, 2.05) is 12.1 Å². The molecule has 1 saturated carbocycles. The van der Waals surface area contributed by atoms with E-state index in [1.54, 1.807) is 0 Å². The molecule has 0 bridgehead atoms. The van der Waals surface area contributed by atoms with Crippen LogP contribution in [0.4, 0.5) is 4.39 Å². The van der Waals surface area contributed by atoms with E-state index in [4.69, 9.17) is 5.73 Å². The molecule has 0 amide bonds. The van der Waals surface area contributed by atoms with Crippen molar-refractivity contribution in [1.29, 1.82) is 0 Å². The SMILES string of the molecule is NCCCc1ccccc1CC1(F)CCCC1. The first kappa shape index (κ1) is 12.6. The maximum atomic E-state index is 14.5. The molecule has 0 aromatic heterocycles. The summed E-state index contributed by atoms with van der Waals surface area (Å²) in [7, 11) is 0. The summed E-state index contributed by atoms with van der Waals surface area (Å²) >= 11 is 0. The number of aryl methyl sites for hydroxylation is 1. The van der Waals surface area contributed by atoms with E-state index in [0.29, 0.717) is 13.0 Å². The van der Waals surface area contributed by atoms with Crippen LogP contribution in [0, 0.1) is 0 Å². The van der Waals surface area contributed by atoms with Crippen molar-refractivity contribution in [3.8, 4) is 0 Å². The van der Waals surface area contributed by atoms with Crippen LogP contribution in [0.5, 0.6) is 0 Å². The van der Waals surface area contributed by atoms with Crippen LogP contribution in [-0.4, -0.2) is 12.2 Å². The normalized spacial score (nSPS) is 18.5. The van der Waals surface area contributed by atoms with Crippen molar-refractivity contribution in [2.24, 2.45) is 5.73 Å². The van der Waals surface area contributed by atoms with Crippen LogP contribution < -0.4 is 5.73 Å². The van der Waals surface area contributed by atoms with E-state index in [9.17, 15) is 4.39 Å². The molecule has 0 atom stereocenters. The van der Waals surface area contributed by atoms with E-state index in [0.717, 1.165) is 38.5 Å². The Balaban J connectivity index is 2.08. The van der Waals surface area contributed by atoms with Crippen molar-refractivity contribution >= 4 is 0 Å². The molecule has 0 radical (unpaired) electrons. The second-order valence-corrected chi connectivity index (χ2v) is 5.20. The minimum absolute atomic E-state index is 0.591. The molecule has 1 fully saturated rings. The number of halogens is 1. The standard InChI is InChI=1S/C15H22FN/c16-15(9-3-4-10-15)12-14-7-2-1-6-13(14)8-5-11-17/h1-2,6-7H,3-5,8-12,17H2. The van der Waals surface area contributed by atoms with Gasteiger partial charge in [0.25, 0.3) is 0 Å². The summed E-state index contributed by atoms with van der Waals surface area (Å²) < 4.78 is 14.5. The second-order valence-electron chi connectivity index (χ2n) is 5.20. The molecule has 1 aliphatic rings. The summed E-state index contributed by atoms with van der Waals surface area (Å²) in [5, 5.41) is 0. The maximum absolute atomic E-state index is 14.5. The number of hydrogen-bond acceptors (Lipinski definition) is 1. The van der Waals surface area contributed by atoms with Gasteiger partial charge < -0.3 is 5.73 Å². The number of hydrogen-bond donors (Lipinski definition) is 1. The van der Waals surface area contributed by atoms with E-state index < -0.39 is 5.67 Å². The molecule has 94 valence electrons. The molecule has 0 aliphatic heterocycles. The third-order valence-corrected chi connectivity index (χ3v) is 3.78. The van der Waals surface area contributed by atoms with Gasteiger partial charge in [0, 0.05) is 6.42 Å². The fourth-order valence-corrected chi connectivity index (χ4v) is 2.79. The van der Waals surface area contributed by atoms with Gasteiger partial charge in [0.15, 0.2) is 0 Å². The highest BCUT2D eigenvalue weighted by Gasteiger charge is 2.33. The summed E-state index contributed by atoms with van der Waals surface area (Å²) in [5.74, 6) is 0. The van der Waals surface area contributed by atoms with Gasteiger partial charge in [0.2, 0.25) is 0 Å². The Hall–Kier alpha value is -0.890. The molecule has 1 aliphatic carbocycles. The van der Waals surface area contributed by atoms with Crippen molar-refractivity contribution in [3.05, 3.63) is 35.4 Å². The van der Waals surface area contributed by atoms with Crippen molar-refractivity contribution in [2.75, 3.05) is 6.54 Å². The van der Waals surface area contributed by atoms with Crippen LogP contribution in [0.1, 0.15) is 43.2 Å². The summed E-state index contributed by atoms with van der Waals surface area (Å²) in [4.78, 5) is 0. The first-order valence-corrected chi connectivity index (χ1v) is 6.69. The Labute approximate surface area is 103 Å². The predicted molar refractivity (Wildman–Crippen MR) is 69.8 cm³/mol. The average Bonchev–Trinajstić information content (AvgIpc) is 2.75. The van der Waals surface area contributed by atoms with Gasteiger partial charge in [-0.3, -0.25) is 0 Å². The van der Waals surface area contributed by atoms with Crippen molar-refractivity contribution < 1.29 is 4.39 Å². The topological polar surface area (TPSA) is 26.0 Å². The highest BCUT2D eigenvalue weighted by atomic mass is 19.1. The zero-order valence-corrected chi connectivity index (χ0v) is 10.4. The molecule has 0 unspecified atom stereocenters. The van der Waals surface area contributed by atoms with Crippen LogP contribution in [-0.2, 0) is 12.8 Å². The first-order chi connectivity index (χ1) is 8.23. The van der Waals surface area contributed by atoms with Crippen molar-refractivity contribution in [2.45, 2.75) is 50.6 Å². The number of benzene rings is 1. The van der Waals surface area contributed by atoms with Crippen LogP contribution in [0.2, 0.25) is 0 Å². The molecule has 1 aromatic carbocycles. The monoisotopic (exact) mass is 235 g/mol. The van der Waals surface area contributed by atoms with Gasteiger partial charge in [-0.2, -0.15) is 0 Å². The summed E-state index contributed by atoms with van der Waals surface area (Å²) in [6, 6.07) is 8.24. The van der Waals surface area contributed by atoms with E-state index in [2.05, 4.69) is 12.1 Å². The number of nitrogens with two attached hydrogens (primary N) is 1. The number of alkyl halides is 1. The van der Waals surface area contributed by atoms with E-state index in [1.165, 1.54) is 11.1 Å². The lowest BCUT2D eigenvalue weighted by Gasteiger charge is -2.20. The predicted octanol–water partition coefficient (Wildman–Crippen LogP) is 3.40. The maximum Gasteiger partial charge on any atom is 0.115 e. The quantitative estimate of drug-likeness (QED) is 0.831. The Morgan fingerprint density at radius 1 is 1.12 bits per heavy atom. The van der Waals surface area contributed by atoms with E-state index in [-0.39, 0.29) is 0 Å².